The summed E-state index contributed by atoms with van der Waals surface area (Å²) < 4.78 is 10.5. The van der Waals surface area contributed by atoms with Crippen molar-refractivity contribution in [1.29, 1.82) is 0 Å². The normalized spacial score (nSPS) is 15.7. The van der Waals surface area contributed by atoms with E-state index in [1.165, 1.54) is 18.2 Å². The Labute approximate surface area is 132 Å². The Morgan fingerprint density at radius 2 is 2.04 bits per heavy atom. The number of nitrogens with one attached hydrogen (secondary N) is 1. The van der Waals surface area contributed by atoms with Gasteiger partial charge < -0.3 is 14.8 Å². The number of anilines is 1. The van der Waals surface area contributed by atoms with Crippen LogP contribution in [0.25, 0.3) is 0 Å². The lowest BCUT2D eigenvalue weighted by molar-refractivity contribution is -0.385. The van der Waals surface area contributed by atoms with Crippen LogP contribution in [-0.2, 0) is 4.74 Å². The van der Waals surface area contributed by atoms with E-state index in [0.717, 1.165) is 0 Å². The van der Waals surface area contributed by atoms with Gasteiger partial charge in [0.1, 0.15) is 12.7 Å². The van der Waals surface area contributed by atoms with E-state index in [9.17, 15) is 14.9 Å². The van der Waals surface area contributed by atoms with Crippen LogP contribution < -0.4 is 10.1 Å². The van der Waals surface area contributed by atoms with E-state index in [1.54, 1.807) is 24.3 Å². The molecule has 1 atom stereocenters. The quantitative estimate of drug-likeness (QED) is 0.502. The van der Waals surface area contributed by atoms with Crippen LogP contribution in [0.15, 0.2) is 48.5 Å². The number of benzene rings is 2. The number of nitro groups is 1. The summed E-state index contributed by atoms with van der Waals surface area (Å²) in [6.07, 6.45) is -0.0165. The van der Waals surface area contributed by atoms with E-state index in [2.05, 4.69) is 5.32 Å². The number of ether oxygens (including phenoxy) is 2. The summed E-state index contributed by atoms with van der Waals surface area (Å²) in [6.45, 7) is 0.842. The minimum atomic E-state index is -0.522. The van der Waals surface area contributed by atoms with Crippen molar-refractivity contribution in [3.8, 4) is 5.75 Å². The molecule has 23 heavy (non-hydrogen) atoms. The Kier molecular flexibility index (Phi) is 4.20. The van der Waals surface area contributed by atoms with Gasteiger partial charge in [-0.2, -0.15) is 0 Å². The number of epoxide rings is 1. The van der Waals surface area contributed by atoms with E-state index in [1.807, 2.05) is 6.07 Å². The van der Waals surface area contributed by atoms with Gasteiger partial charge in [0.15, 0.2) is 5.75 Å². The first kappa shape index (κ1) is 15.0. The minimum absolute atomic E-state index is 0.0165. The van der Waals surface area contributed by atoms with Crippen LogP contribution in [0.3, 0.4) is 0 Å². The third kappa shape index (κ3) is 3.83. The Morgan fingerprint density at radius 3 is 2.70 bits per heavy atom. The molecule has 1 N–H and O–H groups in total. The standard InChI is InChI=1S/C16H14N2O5/c19-16(11-4-2-1-3-5-11)17-12-6-7-14(18(20)21)15(8-12)23-10-13-9-22-13/h1-8,13H,9-10H2,(H,17,19). The fourth-order valence-electron chi connectivity index (χ4n) is 2.00. The molecule has 0 spiro atoms. The van der Waals surface area contributed by atoms with Crippen LogP contribution in [0.2, 0.25) is 0 Å². The number of nitrogens with zero attached hydrogens (tertiary/aromatic N) is 1. The Bertz CT molecular complexity index is 729. The zero-order valence-electron chi connectivity index (χ0n) is 12.1. The molecule has 2 aromatic carbocycles. The second kappa shape index (κ2) is 6.45. The highest BCUT2D eigenvalue weighted by atomic mass is 16.6. The molecule has 0 saturated carbocycles. The molecule has 1 fully saturated rings. The van der Waals surface area contributed by atoms with Crippen molar-refractivity contribution in [1.82, 2.24) is 0 Å². The molecule has 3 rings (SSSR count). The minimum Gasteiger partial charge on any atom is -0.484 e. The van der Waals surface area contributed by atoms with E-state index in [-0.39, 0.29) is 30.1 Å². The molecule has 1 aliphatic rings. The van der Waals surface area contributed by atoms with E-state index < -0.39 is 4.92 Å². The van der Waals surface area contributed by atoms with Crippen LogP contribution in [0.5, 0.6) is 5.75 Å². The first-order chi connectivity index (χ1) is 11.1. The molecule has 1 saturated heterocycles. The first-order valence-electron chi connectivity index (χ1n) is 7.03. The summed E-state index contributed by atoms with van der Waals surface area (Å²) in [4.78, 5) is 22.6. The van der Waals surface area contributed by atoms with Gasteiger partial charge in [0.2, 0.25) is 0 Å². The summed E-state index contributed by atoms with van der Waals surface area (Å²) in [5.41, 5.74) is 0.777. The molecule has 0 aliphatic carbocycles. The molecule has 1 heterocycles. The largest absolute Gasteiger partial charge is 0.484 e. The molecule has 7 nitrogen and oxygen atoms in total. The SMILES string of the molecule is O=C(Nc1ccc([N+](=O)[O-])c(OCC2CO2)c1)c1ccccc1. The lowest BCUT2D eigenvalue weighted by Gasteiger charge is -2.09. The molecular weight excluding hydrogens is 300 g/mol. The van der Waals surface area contributed by atoms with Gasteiger partial charge in [0.05, 0.1) is 11.5 Å². The van der Waals surface area contributed by atoms with Crippen molar-refractivity contribution in [2.24, 2.45) is 0 Å². The van der Waals surface area contributed by atoms with Gasteiger partial charge in [0, 0.05) is 23.4 Å². The van der Waals surface area contributed by atoms with E-state index in [4.69, 9.17) is 9.47 Å². The monoisotopic (exact) mass is 314 g/mol. The summed E-state index contributed by atoms with van der Waals surface area (Å²) in [5, 5.41) is 13.7. The summed E-state index contributed by atoms with van der Waals surface area (Å²) in [5.74, 6) is -0.188. The van der Waals surface area contributed by atoms with Crippen LogP contribution in [0.1, 0.15) is 10.4 Å². The van der Waals surface area contributed by atoms with Crippen molar-refractivity contribution in [2.45, 2.75) is 6.10 Å². The second-order valence-electron chi connectivity index (χ2n) is 5.03. The molecule has 1 unspecified atom stereocenters. The van der Waals surface area contributed by atoms with Crippen LogP contribution in [0, 0.1) is 10.1 Å². The van der Waals surface area contributed by atoms with Crippen molar-refractivity contribution < 1.29 is 19.2 Å². The zero-order chi connectivity index (χ0) is 16.2. The number of hydrogen-bond acceptors (Lipinski definition) is 5. The maximum atomic E-state index is 12.1. The Hall–Kier alpha value is -2.93. The molecule has 1 aliphatic heterocycles. The van der Waals surface area contributed by atoms with Crippen LogP contribution in [0.4, 0.5) is 11.4 Å². The topological polar surface area (TPSA) is 94.0 Å². The highest BCUT2D eigenvalue weighted by Crippen LogP contribution is 2.31. The number of hydrogen-bond donors (Lipinski definition) is 1. The van der Waals surface area contributed by atoms with Gasteiger partial charge in [-0.25, -0.2) is 0 Å². The fourth-order valence-corrected chi connectivity index (χ4v) is 2.00. The molecular formula is C16H14N2O5. The molecule has 118 valence electrons. The number of nitro benzene ring substituents is 1. The predicted molar refractivity (Wildman–Crippen MR) is 82.7 cm³/mol. The third-order valence-corrected chi connectivity index (χ3v) is 3.28. The van der Waals surface area contributed by atoms with Crippen molar-refractivity contribution >= 4 is 17.3 Å². The van der Waals surface area contributed by atoms with Crippen LogP contribution in [-0.4, -0.2) is 30.1 Å². The smallest absolute Gasteiger partial charge is 0.311 e. The Balaban J connectivity index is 1.77. The average molecular weight is 314 g/mol. The molecule has 1 amide bonds. The van der Waals surface area contributed by atoms with Gasteiger partial charge in [-0.05, 0) is 18.2 Å². The number of carbonyl (C=O) groups excluding carboxylic acids is 1. The lowest BCUT2D eigenvalue weighted by Crippen LogP contribution is -2.12. The van der Waals surface area contributed by atoms with Gasteiger partial charge >= 0.3 is 5.69 Å². The average Bonchev–Trinajstić information content (AvgIpc) is 3.38. The Morgan fingerprint density at radius 1 is 1.30 bits per heavy atom. The summed E-state index contributed by atoms with van der Waals surface area (Å²) >= 11 is 0. The summed E-state index contributed by atoms with van der Waals surface area (Å²) in [7, 11) is 0. The third-order valence-electron chi connectivity index (χ3n) is 3.28. The molecule has 2 aromatic rings. The highest BCUT2D eigenvalue weighted by Gasteiger charge is 2.25. The fraction of sp³-hybridized carbons (Fsp3) is 0.188. The van der Waals surface area contributed by atoms with Crippen LogP contribution >= 0.6 is 0 Å². The van der Waals surface area contributed by atoms with Gasteiger partial charge in [-0.15, -0.1) is 0 Å². The highest BCUT2D eigenvalue weighted by molar-refractivity contribution is 6.04. The van der Waals surface area contributed by atoms with Gasteiger partial charge in [-0.3, -0.25) is 14.9 Å². The van der Waals surface area contributed by atoms with Crippen molar-refractivity contribution in [3.63, 3.8) is 0 Å². The lowest BCUT2D eigenvalue weighted by atomic mass is 10.2. The van der Waals surface area contributed by atoms with E-state index in [0.29, 0.717) is 17.9 Å². The zero-order valence-corrected chi connectivity index (χ0v) is 12.1. The second-order valence-corrected chi connectivity index (χ2v) is 5.03. The molecule has 0 aromatic heterocycles. The van der Waals surface area contributed by atoms with Crippen molar-refractivity contribution in [2.75, 3.05) is 18.5 Å². The number of carbonyl (C=O) groups is 1. The first-order valence-corrected chi connectivity index (χ1v) is 7.03. The molecule has 0 radical (unpaired) electrons. The van der Waals surface area contributed by atoms with Crippen molar-refractivity contribution in [3.05, 3.63) is 64.2 Å². The maximum absolute atomic E-state index is 12.1. The van der Waals surface area contributed by atoms with E-state index >= 15 is 0 Å². The summed E-state index contributed by atoms with van der Waals surface area (Å²) in [6, 6.07) is 12.9. The number of amides is 1. The molecule has 7 heteroatoms. The maximum Gasteiger partial charge on any atom is 0.311 e. The molecule has 0 bridgehead atoms. The van der Waals surface area contributed by atoms with Gasteiger partial charge in [0.25, 0.3) is 5.91 Å². The number of rotatable bonds is 6. The van der Waals surface area contributed by atoms with Gasteiger partial charge in [-0.1, -0.05) is 18.2 Å². The predicted octanol–water partition coefficient (Wildman–Crippen LogP) is 2.62.